The van der Waals surface area contributed by atoms with Gasteiger partial charge in [-0.3, -0.25) is 14.4 Å². The van der Waals surface area contributed by atoms with Crippen molar-refractivity contribution >= 4 is 39.3 Å². The van der Waals surface area contributed by atoms with Crippen molar-refractivity contribution in [2.24, 2.45) is 5.41 Å². The lowest BCUT2D eigenvalue weighted by molar-refractivity contribution is -0.141. The maximum atomic E-state index is 12.7. The number of aromatic nitrogens is 1. The van der Waals surface area contributed by atoms with Gasteiger partial charge in [0.15, 0.2) is 5.01 Å². The van der Waals surface area contributed by atoms with Crippen LogP contribution in [0.15, 0.2) is 24.3 Å². The molecule has 0 unspecified atom stereocenters. The Bertz CT molecular complexity index is 836. The molecule has 7 nitrogen and oxygen atoms in total. The van der Waals surface area contributed by atoms with Gasteiger partial charge < -0.3 is 14.9 Å². The quantitative estimate of drug-likeness (QED) is 0.848. The topological polar surface area (TPSA) is 90.8 Å². The first-order valence-electron chi connectivity index (χ1n) is 8.90. The van der Waals surface area contributed by atoms with Crippen molar-refractivity contribution in [2.45, 2.75) is 26.7 Å². The molecule has 0 bridgehead atoms. The smallest absolute Gasteiger partial charge is 0.303 e. The summed E-state index contributed by atoms with van der Waals surface area (Å²) < 4.78 is 0.982. The van der Waals surface area contributed by atoms with E-state index >= 15 is 0 Å². The number of rotatable bonds is 5. The molecule has 0 spiro atoms. The highest BCUT2D eigenvalue weighted by atomic mass is 32.1. The Morgan fingerprint density at radius 1 is 1.07 bits per heavy atom. The van der Waals surface area contributed by atoms with Gasteiger partial charge in [0.25, 0.3) is 5.91 Å². The van der Waals surface area contributed by atoms with E-state index in [1.165, 1.54) is 11.3 Å². The second-order valence-electron chi connectivity index (χ2n) is 7.57. The average molecular weight is 389 g/mol. The minimum absolute atomic E-state index is 0.0468. The summed E-state index contributed by atoms with van der Waals surface area (Å²) in [5.74, 6) is -1.07. The molecule has 3 rings (SSSR count). The molecular weight excluding hydrogens is 366 g/mol. The third kappa shape index (κ3) is 4.63. The Kier molecular flexibility index (Phi) is 5.46. The van der Waals surface area contributed by atoms with Crippen molar-refractivity contribution in [1.29, 1.82) is 0 Å². The van der Waals surface area contributed by atoms with E-state index in [9.17, 15) is 14.4 Å². The molecule has 0 saturated carbocycles. The van der Waals surface area contributed by atoms with Gasteiger partial charge in [0.2, 0.25) is 5.91 Å². The van der Waals surface area contributed by atoms with E-state index in [1.54, 1.807) is 23.6 Å². The number of aliphatic carboxylic acids is 1. The Balaban J connectivity index is 1.57. The molecule has 0 radical (unpaired) electrons. The molecule has 1 aliphatic heterocycles. The van der Waals surface area contributed by atoms with Crippen LogP contribution in [0, 0.1) is 5.41 Å². The van der Waals surface area contributed by atoms with Gasteiger partial charge in [0.1, 0.15) is 0 Å². The zero-order valence-corrected chi connectivity index (χ0v) is 16.3. The molecule has 1 fully saturated rings. The van der Waals surface area contributed by atoms with Gasteiger partial charge in [-0.25, -0.2) is 4.98 Å². The van der Waals surface area contributed by atoms with E-state index in [0.717, 1.165) is 10.2 Å². The van der Waals surface area contributed by atoms with Crippen LogP contribution in [-0.4, -0.2) is 63.9 Å². The summed E-state index contributed by atoms with van der Waals surface area (Å²) in [4.78, 5) is 43.9. The molecule has 0 aliphatic carbocycles. The van der Waals surface area contributed by atoms with Gasteiger partial charge in [-0.2, -0.15) is 0 Å². The van der Waals surface area contributed by atoms with Crippen LogP contribution in [0.1, 0.15) is 36.5 Å². The fourth-order valence-corrected chi connectivity index (χ4v) is 4.18. The summed E-state index contributed by atoms with van der Waals surface area (Å²) >= 11 is 1.38. The lowest BCUT2D eigenvalue weighted by atomic mass is 9.85. The minimum atomic E-state index is -0.904. The second kappa shape index (κ2) is 7.64. The molecule has 1 N–H and O–H groups in total. The monoisotopic (exact) mass is 389 g/mol. The van der Waals surface area contributed by atoms with Crippen molar-refractivity contribution in [3.05, 3.63) is 29.3 Å². The number of hydrogen-bond acceptors (Lipinski definition) is 5. The number of carboxylic acids is 1. The standard InChI is InChI=1S/C19H23N3O4S/c1-19(2,12-16(24)25)11-15(23)21-7-9-22(10-8-21)18(26)17-20-13-5-3-4-6-14(13)27-17/h3-6H,7-12H2,1-2H3,(H,24,25). The number of carboxylic acid groups (broad SMARTS) is 1. The highest BCUT2D eigenvalue weighted by Gasteiger charge is 2.31. The molecule has 1 aromatic carbocycles. The first kappa shape index (κ1) is 19.3. The predicted molar refractivity (Wildman–Crippen MR) is 103 cm³/mol. The Morgan fingerprint density at radius 2 is 1.70 bits per heavy atom. The largest absolute Gasteiger partial charge is 0.481 e. The maximum absolute atomic E-state index is 12.7. The molecule has 2 aromatic rings. The Hall–Kier alpha value is -2.48. The van der Waals surface area contributed by atoms with Crippen LogP contribution in [0.25, 0.3) is 10.2 Å². The molecule has 8 heteroatoms. The Labute approximate surface area is 161 Å². The summed E-state index contributed by atoms with van der Waals surface area (Å²) in [6.45, 7) is 5.40. The van der Waals surface area contributed by atoms with Crippen LogP contribution in [-0.2, 0) is 9.59 Å². The normalized spacial score (nSPS) is 15.2. The molecular formula is C19H23N3O4S. The van der Waals surface area contributed by atoms with Crippen molar-refractivity contribution in [2.75, 3.05) is 26.2 Å². The summed E-state index contributed by atoms with van der Waals surface area (Å²) in [5.41, 5.74) is 0.233. The number of carbonyl (C=O) groups excluding carboxylic acids is 2. The Morgan fingerprint density at radius 3 is 2.33 bits per heavy atom. The predicted octanol–water partition coefficient (Wildman–Crippen LogP) is 2.47. The minimum Gasteiger partial charge on any atom is -0.481 e. The average Bonchev–Trinajstić information content (AvgIpc) is 3.03. The highest BCUT2D eigenvalue weighted by molar-refractivity contribution is 7.20. The van der Waals surface area contributed by atoms with Gasteiger partial charge in [-0.15, -0.1) is 11.3 Å². The molecule has 1 saturated heterocycles. The van der Waals surface area contributed by atoms with Gasteiger partial charge >= 0.3 is 5.97 Å². The van der Waals surface area contributed by atoms with Crippen LogP contribution in [0.3, 0.4) is 0 Å². The highest BCUT2D eigenvalue weighted by Crippen LogP contribution is 2.27. The van der Waals surface area contributed by atoms with Gasteiger partial charge in [-0.05, 0) is 17.5 Å². The number of nitrogens with zero attached hydrogens (tertiary/aromatic N) is 3. The molecule has 27 heavy (non-hydrogen) atoms. The zero-order chi connectivity index (χ0) is 19.6. The molecule has 0 atom stereocenters. The fraction of sp³-hybridized carbons (Fsp3) is 0.474. The van der Waals surface area contributed by atoms with Crippen molar-refractivity contribution < 1.29 is 19.5 Å². The summed E-state index contributed by atoms with van der Waals surface area (Å²) in [5, 5.41) is 9.43. The lowest BCUT2D eigenvalue weighted by Crippen LogP contribution is -2.51. The summed E-state index contributed by atoms with van der Waals surface area (Å²) in [6, 6.07) is 7.65. The molecule has 1 aliphatic rings. The third-order valence-corrected chi connectivity index (χ3v) is 5.68. The van der Waals surface area contributed by atoms with Gasteiger partial charge in [-0.1, -0.05) is 26.0 Å². The van der Waals surface area contributed by atoms with Gasteiger partial charge in [0, 0.05) is 32.6 Å². The maximum Gasteiger partial charge on any atom is 0.303 e. The van der Waals surface area contributed by atoms with E-state index in [1.807, 2.05) is 24.3 Å². The number of carbonyl (C=O) groups is 3. The zero-order valence-electron chi connectivity index (χ0n) is 15.5. The fourth-order valence-electron chi connectivity index (χ4n) is 3.25. The molecule has 1 aromatic heterocycles. The third-order valence-electron chi connectivity index (χ3n) is 4.66. The van der Waals surface area contributed by atoms with Crippen molar-refractivity contribution in [1.82, 2.24) is 14.8 Å². The van der Waals surface area contributed by atoms with E-state index < -0.39 is 11.4 Å². The summed E-state index contributed by atoms with van der Waals surface area (Å²) in [6.07, 6.45) is 0.139. The lowest BCUT2D eigenvalue weighted by Gasteiger charge is -2.36. The number of fused-ring (bicyclic) bond motifs is 1. The molecule has 144 valence electrons. The van der Waals surface area contributed by atoms with Crippen LogP contribution < -0.4 is 0 Å². The van der Waals surface area contributed by atoms with Crippen molar-refractivity contribution in [3.8, 4) is 0 Å². The number of para-hydroxylation sites is 1. The van der Waals surface area contributed by atoms with Crippen LogP contribution in [0.4, 0.5) is 0 Å². The van der Waals surface area contributed by atoms with E-state index in [2.05, 4.69) is 4.98 Å². The van der Waals surface area contributed by atoms with E-state index in [0.29, 0.717) is 31.2 Å². The van der Waals surface area contributed by atoms with E-state index in [4.69, 9.17) is 5.11 Å². The van der Waals surface area contributed by atoms with Crippen LogP contribution in [0.2, 0.25) is 0 Å². The number of piperazine rings is 1. The number of thiazole rings is 1. The van der Waals surface area contributed by atoms with Crippen LogP contribution in [0.5, 0.6) is 0 Å². The molecule has 2 heterocycles. The SMILES string of the molecule is CC(C)(CC(=O)O)CC(=O)N1CCN(C(=O)c2nc3ccccc3s2)CC1. The molecule has 2 amide bonds. The summed E-state index contributed by atoms with van der Waals surface area (Å²) in [7, 11) is 0. The number of amides is 2. The second-order valence-corrected chi connectivity index (χ2v) is 8.60. The van der Waals surface area contributed by atoms with Crippen LogP contribution >= 0.6 is 11.3 Å². The first-order valence-corrected chi connectivity index (χ1v) is 9.71. The van der Waals surface area contributed by atoms with Crippen molar-refractivity contribution in [3.63, 3.8) is 0 Å². The van der Waals surface area contributed by atoms with Gasteiger partial charge in [0.05, 0.1) is 16.6 Å². The number of benzene rings is 1. The first-order chi connectivity index (χ1) is 12.7. The van der Waals surface area contributed by atoms with E-state index in [-0.39, 0.29) is 24.7 Å². The number of hydrogen-bond donors (Lipinski definition) is 1.